The maximum absolute atomic E-state index is 11.8. The lowest BCUT2D eigenvalue weighted by molar-refractivity contribution is -0.122. The molecule has 27 heavy (non-hydrogen) atoms. The highest BCUT2D eigenvalue weighted by atomic mass is 16.6. The standard InChI is InChI=1S/C23H30N2O2/c24-21(26)17-22(20-9-5-2-6-10-20)13-15-25(16-14-22)23(18-27-23)12-11-19-7-3-1-4-8-19/h1-9,20H,10-18H2,(H2,24,26). The van der Waals surface area contributed by atoms with Crippen LogP contribution in [0.1, 0.15) is 37.7 Å². The van der Waals surface area contributed by atoms with Crippen LogP contribution >= 0.6 is 0 Å². The van der Waals surface area contributed by atoms with Crippen LogP contribution in [0.2, 0.25) is 0 Å². The van der Waals surface area contributed by atoms with Gasteiger partial charge in [-0.1, -0.05) is 54.6 Å². The topological polar surface area (TPSA) is 58.9 Å². The number of piperidine rings is 1. The highest BCUT2D eigenvalue weighted by molar-refractivity contribution is 5.74. The average Bonchev–Trinajstić information content (AvgIpc) is 3.49. The number of primary amides is 1. The van der Waals surface area contributed by atoms with E-state index >= 15 is 0 Å². The van der Waals surface area contributed by atoms with E-state index in [0.29, 0.717) is 12.3 Å². The van der Waals surface area contributed by atoms with E-state index in [1.807, 2.05) is 0 Å². The molecule has 4 rings (SSSR count). The summed E-state index contributed by atoms with van der Waals surface area (Å²) >= 11 is 0. The van der Waals surface area contributed by atoms with Gasteiger partial charge in [0.2, 0.25) is 5.91 Å². The fraction of sp³-hybridized carbons (Fsp3) is 0.522. The first-order chi connectivity index (χ1) is 13.1. The number of ether oxygens (including phenoxy) is 1. The molecule has 0 bridgehead atoms. The predicted molar refractivity (Wildman–Crippen MR) is 107 cm³/mol. The van der Waals surface area contributed by atoms with Crippen molar-refractivity contribution in [2.24, 2.45) is 17.1 Å². The van der Waals surface area contributed by atoms with Gasteiger partial charge in [-0.25, -0.2) is 0 Å². The zero-order valence-corrected chi connectivity index (χ0v) is 16.0. The van der Waals surface area contributed by atoms with Crippen molar-refractivity contribution in [2.45, 2.75) is 44.2 Å². The second-order valence-electron chi connectivity index (χ2n) is 8.37. The number of epoxide rings is 1. The molecule has 3 aliphatic rings. The van der Waals surface area contributed by atoms with Gasteiger partial charge in [0.05, 0.1) is 6.61 Å². The Balaban J connectivity index is 1.40. The number of carbonyl (C=O) groups is 1. The smallest absolute Gasteiger partial charge is 0.217 e. The summed E-state index contributed by atoms with van der Waals surface area (Å²) in [5.41, 5.74) is 6.92. The molecule has 2 N–H and O–H groups in total. The van der Waals surface area contributed by atoms with Crippen molar-refractivity contribution in [3.05, 3.63) is 60.2 Å². The Morgan fingerprint density at radius 3 is 2.52 bits per heavy atom. The number of nitrogens with zero attached hydrogens (tertiary/aromatic N) is 1. The van der Waals surface area contributed by atoms with Crippen LogP contribution in [0.5, 0.6) is 0 Å². The zero-order valence-electron chi connectivity index (χ0n) is 16.0. The summed E-state index contributed by atoms with van der Waals surface area (Å²) < 4.78 is 5.96. The van der Waals surface area contributed by atoms with Crippen molar-refractivity contribution in [1.82, 2.24) is 4.90 Å². The molecule has 4 nitrogen and oxygen atoms in total. The lowest BCUT2D eigenvalue weighted by Gasteiger charge is -2.47. The molecule has 0 radical (unpaired) electrons. The van der Waals surface area contributed by atoms with E-state index in [0.717, 1.165) is 51.8 Å². The molecule has 0 spiro atoms. The van der Waals surface area contributed by atoms with Gasteiger partial charge in [0.25, 0.3) is 0 Å². The molecule has 0 aromatic heterocycles. The normalized spacial score (nSPS) is 29.6. The Kier molecular flexibility index (Phi) is 5.20. The minimum atomic E-state index is -0.173. The van der Waals surface area contributed by atoms with Crippen LogP contribution in [0.25, 0.3) is 0 Å². The zero-order chi connectivity index (χ0) is 18.7. The largest absolute Gasteiger partial charge is 0.370 e. The van der Waals surface area contributed by atoms with Gasteiger partial charge >= 0.3 is 0 Å². The van der Waals surface area contributed by atoms with Crippen molar-refractivity contribution in [3.63, 3.8) is 0 Å². The average molecular weight is 367 g/mol. The molecule has 2 aliphatic heterocycles. The highest BCUT2D eigenvalue weighted by Gasteiger charge is 2.53. The Morgan fingerprint density at radius 1 is 1.19 bits per heavy atom. The number of carbonyl (C=O) groups excluding carboxylic acids is 1. The monoisotopic (exact) mass is 366 g/mol. The lowest BCUT2D eigenvalue weighted by Crippen LogP contribution is -2.50. The van der Waals surface area contributed by atoms with Crippen LogP contribution in [-0.2, 0) is 16.0 Å². The van der Waals surface area contributed by atoms with Crippen molar-refractivity contribution in [1.29, 1.82) is 0 Å². The molecule has 2 atom stereocenters. The summed E-state index contributed by atoms with van der Waals surface area (Å²) in [5, 5.41) is 0. The number of aryl methyl sites for hydroxylation is 1. The van der Waals surface area contributed by atoms with Crippen LogP contribution in [-0.4, -0.2) is 36.2 Å². The summed E-state index contributed by atoms with van der Waals surface area (Å²) in [6, 6.07) is 10.6. The van der Waals surface area contributed by atoms with Crippen molar-refractivity contribution in [2.75, 3.05) is 19.7 Å². The molecule has 2 unspecified atom stereocenters. The summed E-state index contributed by atoms with van der Waals surface area (Å²) in [7, 11) is 0. The summed E-state index contributed by atoms with van der Waals surface area (Å²) in [6.07, 6.45) is 14.3. The van der Waals surface area contributed by atoms with Gasteiger partial charge in [-0.3, -0.25) is 9.69 Å². The van der Waals surface area contributed by atoms with Crippen molar-refractivity contribution >= 4 is 5.91 Å². The van der Waals surface area contributed by atoms with E-state index in [9.17, 15) is 4.79 Å². The fourth-order valence-corrected chi connectivity index (χ4v) is 4.97. The minimum Gasteiger partial charge on any atom is -0.370 e. The van der Waals surface area contributed by atoms with Gasteiger partial charge in [-0.2, -0.15) is 0 Å². The highest BCUT2D eigenvalue weighted by Crippen LogP contribution is 2.48. The number of rotatable bonds is 7. The molecule has 144 valence electrons. The van der Waals surface area contributed by atoms with Crippen LogP contribution in [0.4, 0.5) is 0 Å². The van der Waals surface area contributed by atoms with Gasteiger partial charge in [0.1, 0.15) is 5.72 Å². The Labute approximate surface area is 162 Å². The Hall–Kier alpha value is -1.91. The van der Waals surface area contributed by atoms with Crippen LogP contribution < -0.4 is 5.73 Å². The molecule has 2 fully saturated rings. The third-order valence-electron chi connectivity index (χ3n) is 6.75. The first kappa shape index (κ1) is 18.5. The molecule has 1 aromatic rings. The molecule has 1 aromatic carbocycles. The minimum absolute atomic E-state index is 0.000890. The first-order valence-corrected chi connectivity index (χ1v) is 10.2. The predicted octanol–water partition coefficient (Wildman–Crippen LogP) is 3.44. The van der Waals surface area contributed by atoms with Crippen molar-refractivity contribution in [3.8, 4) is 0 Å². The second kappa shape index (κ2) is 7.61. The van der Waals surface area contributed by atoms with Crippen LogP contribution in [0, 0.1) is 11.3 Å². The van der Waals surface area contributed by atoms with E-state index in [1.165, 1.54) is 5.56 Å². The summed E-state index contributed by atoms with van der Waals surface area (Å²) in [5.74, 6) is 0.241. The number of hydrogen-bond donors (Lipinski definition) is 1. The molecule has 2 saturated heterocycles. The van der Waals surface area contributed by atoms with E-state index in [-0.39, 0.29) is 17.0 Å². The molecular formula is C23H30N2O2. The van der Waals surface area contributed by atoms with E-state index in [1.54, 1.807) is 0 Å². The summed E-state index contributed by atoms with van der Waals surface area (Å²) in [4.78, 5) is 14.3. The molecule has 1 amide bonds. The Morgan fingerprint density at radius 2 is 1.93 bits per heavy atom. The maximum atomic E-state index is 11.8. The molecule has 4 heteroatoms. The van der Waals surface area contributed by atoms with Gasteiger partial charge in [-0.05, 0) is 49.0 Å². The molecule has 0 saturated carbocycles. The van der Waals surface area contributed by atoms with Crippen LogP contribution in [0.3, 0.4) is 0 Å². The van der Waals surface area contributed by atoms with Gasteiger partial charge < -0.3 is 10.5 Å². The van der Waals surface area contributed by atoms with Crippen molar-refractivity contribution < 1.29 is 9.53 Å². The maximum Gasteiger partial charge on any atom is 0.217 e. The third-order valence-corrected chi connectivity index (χ3v) is 6.75. The number of likely N-dealkylation sites (tertiary alicyclic amines) is 1. The lowest BCUT2D eigenvalue weighted by atomic mass is 9.64. The van der Waals surface area contributed by atoms with E-state index < -0.39 is 0 Å². The number of amides is 1. The van der Waals surface area contributed by atoms with Gasteiger partial charge in [0, 0.05) is 19.5 Å². The first-order valence-electron chi connectivity index (χ1n) is 10.2. The van der Waals surface area contributed by atoms with E-state index in [4.69, 9.17) is 10.5 Å². The number of hydrogen-bond acceptors (Lipinski definition) is 3. The molecule has 1 aliphatic carbocycles. The number of nitrogens with two attached hydrogens (primary N) is 1. The number of allylic oxidation sites excluding steroid dienone is 4. The Bertz CT molecular complexity index is 713. The quantitative estimate of drug-likeness (QED) is 0.752. The SMILES string of the molecule is NC(=O)CC1(C2C=CC=CC2)CCN(C2(CCc3ccccc3)CO2)CC1. The summed E-state index contributed by atoms with van der Waals surface area (Å²) in [6.45, 7) is 2.79. The second-order valence-corrected chi connectivity index (χ2v) is 8.37. The third kappa shape index (κ3) is 4.02. The molecular weight excluding hydrogens is 336 g/mol. The van der Waals surface area contributed by atoms with Gasteiger partial charge in [-0.15, -0.1) is 0 Å². The van der Waals surface area contributed by atoms with Crippen LogP contribution in [0.15, 0.2) is 54.6 Å². The number of benzene rings is 1. The van der Waals surface area contributed by atoms with Gasteiger partial charge in [0.15, 0.2) is 0 Å². The van der Waals surface area contributed by atoms with E-state index in [2.05, 4.69) is 59.5 Å². The molecule has 2 heterocycles. The fourth-order valence-electron chi connectivity index (χ4n) is 4.97.